The topological polar surface area (TPSA) is 41.5 Å². The molecule has 0 radical (unpaired) electrons. The molecule has 0 N–H and O–H groups in total. The van der Waals surface area contributed by atoms with Crippen LogP contribution in [-0.2, 0) is 0 Å². The molecule has 5 nitrogen and oxygen atoms in total. The van der Waals surface area contributed by atoms with Gasteiger partial charge in [-0.3, -0.25) is 0 Å². The lowest BCUT2D eigenvalue weighted by Crippen LogP contribution is -2.61. The second-order valence-electron chi connectivity index (χ2n) is 8.55. The van der Waals surface area contributed by atoms with Crippen molar-refractivity contribution in [2.75, 3.05) is 37.6 Å². The summed E-state index contributed by atoms with van der Waals surface area (Å²) in [6.07, 6.45) is 12.3. The van der Waals surface area contributed by atoms with Crippen LogP contribution in [0.3, 0.4) is 0 Å². The number of ether oxygens (including phenoxy) is 1. The van der Waals surface area contributed by atoms with Crippen LogP contribution in [0.1, 0.15) is 33.1 Å². The lowest BCUT2D eigenvalue weighted by atomic mass is 9.72. The summed E-state index contributed by atoms with van der Waals surface area (Å²) in [7, 11) is 0. The molecule has 1 unspecified atom stereocenters. The van der Waals surface area contributed by atoms with E-state index in [1.807, 2.05) is 0 Å². The van der Waals surface area contributed by atoms with E-state index in [0.29, 0.717) is 16.7 Å². The van der Waals surface area contributed by atoms with Crippen molar-refractivity contribution < 1.29 is 9.13 Å². The molecule has 1 spiro atoms. The summed E-state index contributed by atoms with van der Waals surface area (Å²) in [5, 5.41) is 0. The van der Waals surface area contributed by atoms with Gasteiger partial charge in [-0.15, -0.1) is 0 Å². The largest absolute Gasteiger partial charge is 0.459 e. The molecule has 2 fully saturated rings. The van der Waals surface area contributed by atoms with Crippen molar-refractivity contribution in [2.45, 2.75) is 33.1 Å². The van der Waals surface area contributed by atoms with Gasteiger partial charge in [0.1, 0.15) is 12.2 Å². The molecule has 0 bridgehead atoms. The highest BCUT2D eigenvalue weighted by atomic mass is 19.1. The summed E-state index contributed by atoms with van der Waals surface area (Å²) in [6, 6.07) is 0. The Morgan fingerprint density at radius 2 is 2.03 bits per heavy atom. The molecule has 2 aliphatic rings. The number of aromatic nitrogens is 2. The van der Waals surface area contributed by atoms with Crippen LogP contribution in [0.5, 0.6) is 5.75 Å². The fraction of sp³-hybridized carbons (Fsp3) is 0.500. The van der Waals surface area contributed by atoms with Gasteiger partial charge in [-0.05, 0) is 44.0 Å². The molecule has 1 aromatic heterocycles. The van der Waals surface area contributed by atoms with Crippen LogP contribution >= 0.6 is 0 Å². The third-order valence-electron chi connectivity index (χ3n) is 6.25. The van der Waals surface area contributed by atoms with Crippen LogP contribution in [0.4, 0.5) is 10.2 Å². The Hall–Kier alpha value is -2.47. The first-order valence-corrected chi connectivity index (χ1v) is 10.7. The molecule has 0 saturated carbocycles. The lowest BCUT2D eigenvalue weighted by Gasteiger charge is -2.54. The van der Waals surface area contributed by atoms with Crippen LogP contribution in [0.25, 0.3) is 0 Å². The van der Waals surface area contributed by atoms with E-state index < -0.39 is 5.83 Å². The zero-order valence-corrected chi connectivity index (χ0v) is 18.2. The van der Waals surface area contributed by atoms with E-state index in [4.69, 9.17) is 4.74 Å². The van der Waals surface area contributed by atoms with Crippen molar-refractivity contribution >= 4 is 5.82 Å². The van der Waals surface area contributed by atoms with Crippen molar-refractivity contribution in [1.82, 2.24) is 14.9 Å². The molecule has 2 aliphatic heterocycles. The number of nitrogens with zero attached hydrogens (tertiary/aromatic N) is 4. The highest BCUT2D eigenvalue weighted by Gasteiger charge is 2.46. The molecule has 3 heterocycles. The van der Waals surface area contributed by atoms with Gasteiger partial charge < -0.3 is 14.5 Å². The van der Waals surface area contributed by atoms with Crippen molar-refractivity contribution in [3.63, 3.8) is 0 Å². The Kier molecular flexibility index (Phi) is 7.43. The Morgan fingerprint density at radius 1 is 1.30 bits per heavy atom. The minimum atomic E-state index is -0.446. The van der Waals surface area contributed by atoms with Gasteiger partial charge in [0.15, 0.2) is 11.6 Å². The molecule has 2 saturated heterocycles. The maximum absolute atomic E-state index is 13.4. The van der Waals surface area contributed by atoms with E-state index in [1.54, 1.807) is 6.20 Å². The summed E-state index contributed by atoms with van der Waals surface area (Å²) >= 11 is 0. The van der Waals surface area contributed by atoms with Gasteiger partial charge in [0, 0.05) is 30.6 Å². The van der Waals surface area contributed by atoms with Gasteiger partial charge in [-0.25, -0.2) is 14.4 Å². The Morgan fingerprint density at radius 3 is 2.67 bits per heavy atom. The maximum atomic E-state index is 13.4. The molecular formula is C24H33FN4O. The molecule has 0 aliphatic carbocycles. The third-order valence-corrected chi connectivity index (χ3v) is 6.25. The predicted molar refractivity (Wildman–Crippen MR) is 120 cm³/mol. The number of piperidine rings is 1. The van der Waals surface area contributed by atoms with E-state index in [2.05, 4.69) is 46.8 Å². The lowest BCUT2D eigenvalue weighted by molar-refractivity contribution is 0.0678. The normalized spacial score (nSPS) is 20.6. The number of likely N-dealkylation sites (tertiary alicyclic amines) is 1. The quantitative estimate of drug-likeness (QED) is 0.426. The monoisotopic (exact) mass is 412 g/mol. The zero-order valence-electron chi connectivity index (χ0n) is 18.2. The molecule has 162 valence electrons. The standard InChI is InChI=1S/C24H33FN4O/c1-5-19(4)14-28-10-8-24(9-11-28)16-29(17-24)23-22(13-26-18-27-23)30-15-20(6-2)12-21(25)7-3/h6-7,12-13,15,18-19H,2-3,5,8-11,14,16-17H2,1,4H3/b20-15+,21-12+. The SMILES string of the molecule is C=C/C(F)=C\C(C=C)=C\Oc1cncnc1N1CC2(CCN(CC(C)CC)CC2)C1. The number of hydrogen-bond donors (Lipinski definition) is 0. The van der Waals surface area contributed by atoms with E-state index in [1.165, 1.54) is 63.6 Å². The van der Waals surface area contributed by atoms with Crippen LogP contribution in [0, 0.1) is 11.3 Å². The van der Waals surface area contributed by atoms with Crippen molar-refractivity contribution in [3.05, 3.63) is 61.6 Å². The molecule has 6 heteroatoms. The van der Waals surface area contributed by atoms with Crippen molar-refractivity contribution in [3.8, 4) is 5.75 Å². The molecule has 1 atom stereocenters. The van der Waals surface area contributed by atoms with Crippen LogP contribution in [0.15, 0.2) is 61.6 Å². The van der Waals surface area contributed by atoms with Crippen LogP contribution in [-0.4, -0.2) is 47.6 Å². The van der Waals surface area contributed by atoms with Crippen LogP contribution in [0.2, 0.25) is 0 Å². The maximum Gasteiger partial charge on any atom is 0.187 e. The molecule has 1 aromatic rings. The minimum absolute atomic E-state index is 0.381. The first kappa shape index (κ1) is 22.2. The van der Waals surface area contributed by atoms with E-state index >= 15 is 0 Å². The average Bonchev–Trinajstić information content (AvgIpc) is 2.75. The molecule has 30 heavy (non-hydrogen) atoms. The number of anilines is 1. The van der Waals surface area contributed by atoms with Gasteiger partial charge in [0.05, 0.1) is 12.5 Å². The summed E-state index contributed by atoms with van der Waals surface area (Å²) in [5.74, 6) is 1.67. The fourth-order valence-electron chi connectivity index (χ4n) is 4.13. The summed E-state index contributed by atoms with van der Waals surface area (Å²) < 4.78 is 19.2. The fourth-order valence-corrected chi connectivity index (χ4v) is 4.13. The van der Waals surface area contributed by atoms with Gasteiger partial charge in [0.2, 0.25) is 0 Å². The minimum Gasteiger partial charge on any atom is -0.459 e. The van der Waals surface area contributed by atoms with E-state index in [-0.39, 0.29) is 0 Å². The number of allylic oxidation sites excluding steroid dienone is 5. The first-order valence-electron chi connectivity index (χ1n) is 10.7. The van der Waals surface area contributed by atoms with Crippen molar-refractivity contribution in [2.24, 2.45) is 11.3 Å². The smallest absolute Gasteiger partial charge is 0.187 e. The highest BCUT2D eigenvalue weighted by molar-refractivity contribution is 5.54. The third kappa shape index (κ3) is 5.36. The molecule has 0 aromatic carbocycles. The number of rotatable bonds is 9. The molecule has 3 rings (SSSR count). The summed E-state index contributed by atoms with van der Waals surface area (Å²) in [6.45, 7) is 17.2. The number of hydrogen-bond acceptors (Lipinski definition) is 5. The van der Waals surface area contributed by atoms with Gasteiger partial charge in [-0.2, -0.15) is 0 Å². The predicted octanol–water partition coefficient (Wildman–Crippen LogP) is 4.91. The molecular weight excluding hydrogens is 379 g/mol. The van der Waals surface area contributed by atoms with Crippen LogP contribution < -0.4 is 9.64 Å². The second kappa shape index (κ2) is 10.0. The van der Waals surface area contributed by atoms with E-state index in [9.17, 15) is 4.39 Å². The van der Waals surface area contributed by atoms with E-state index in [0.717, 1.165) is 30.9 Å². The van der Waals surface area contributed by atoms with Gasteiger partial charge >= 0.3 is 0 Å². The first-order chi connectivity index (χ1) is 14.5. The highest BCUT2D eigenvalue weighted by Crippen LogP contribution is 2.44. The summed E-state index contributed by atoms with van der Waals surface area (Å²) in [5.41, 5.74) is 0.891. The Balaban J connectivity index is 1.60. The Bertz CT molecular complexity index is 803. The Labute approximate surface area is 179 Å². The number of halogens is 1. The van der Waals surface area contributed by atoms with Gasteiger partial charge in [-0.1, -0.05) is 39.5 Å². The zero-order chi connectivity index (χ0) is 21.6. The second-order valence-corrected chi connectivity index (χ2v) is 8.55. The summed E-state index contributed by atoms with van der Waals surface area (Å²) in [4.78, 5) is 13.4. The van der Waals surface area contributed by atoms with Crippen molar-refractivity contribution in [1.29, 1.82) is 0 Å². The molecule has 0 amide bonds. The average molecular weight is 413 g/mol. The van der Waals surface area contributed by atoms with Gasteiger partial charge in [0.25, 0.3) is 0 Å².